The molecule has 0 aromatic heterocycles. The van der Waals surface area contributed by atoms with E-state index in [1.807, 2.05) is 29.2 Å². The Hall–Kier alpha value is -1.80. The Morgan fingerprint density at radius 2 is 1.86 bits per heavy atom. The SMILES string of the molecule is CN=C(NCCc1cccc(Cl)c1)NCc1cccc(CN2CCCC2=O)c1.I. The van der Waals surface area contributed by atoms with Crippen LogP contribution in [0.1, 0.15) is 29.5 Å². The summed E-state index contributed by atoms with van der Waals surface area (Å²) in [4.78, 5) is 18.0. The van der Waals surface area contributed by atoms with Crippen LogP contribution in [0.3, 0.4) is 0 Å². The molecular weight excluding hydrogens is 499 g/mol. The molecule has 1 aliphatic rings. The molecule has 2 aromatic carbocycles. The van der Waals surface area contributed by atoms with Crippen molar-refractivity contribution < 1.29 is 4.79 Å². The molecular formula is C22H28ClIN4O. The largest absolute Gasteiger partial charge is 0.356 e. The normalized spacial score (nSPS) is 13.9. The molecule has 0 aliphatic carbocycles. The number of aliphatic imine (C=N–C) groups is 1. The molecule has 5 nitrogen and oxygen atoms in total. The van der Waals surface area contributed by atoms with Crippen molar-refractivity contribution in [3.05, 3.63) is 70.2 Å². The molecule has 1 aliphatic heterocycles. The van der Waals surface area contributed by atoms with Gasteiger partial charge in [-0.05, 0) is 41.7 Å². The van der Waals surface area contributed by atoms with Crippen LogP contribution in [-0.2, 0) is 24.3 Å². The highest BCUT2D eigenvalue weighted by Crippen LogP contribution is 2.15. The molecule has 0 saturated carbocycles. The zero-order chi connectivity index (χ0) is 19.8. The van der Waals surface area contributed by atoms with E-state index in [0.717, 1.165) is 36.9 Å². The number of carbonyl (C=O) groups excluding carboxylic acids is 1. The standard InChI is InChI=1S/C22H27ClN4O.HI/c1-24-22(25-11-10-17-5-3-8-20(23)14-17)26-15-18-6-2-7-19(13-18)16-27-12-4-9-21(27)28;/h2-3,5-8,13-14H,4,9-12,15-16H2,1H3,(H2,24,25,26);1H. The van der Waals surface area contributed by atoms with Crippen molar-refractivity contribution in [2.24, 2.45) is 4.99 Å². The number of rotatable bonds is 7. The number of guanidine groups is 1. The molecule has 1 saturated heterocycles. The summed E-state index contributed by atoms with van der Waals surface area (Å²) in [6, 6.07) is 16.3. The Morgan fingerprint density at radius 1 is 1.10 bits per heavy atom. The molecule has 3 rings (SSSR count). The van der Waals surface area contributed by atoms with E-state index in [9.17, 15) is 4.79 Å². The van der Waals surface area contributed by atoms with E-state index in [1.165, 1.54) is 16.7 Å². The van der Waals surface area contributed by atoms with Crippen molar-refractivity contribution in [1.29, 1.82) is 0 Å². The highest BCUT2D eigenvalue weighted by atomic mass is 127. The lowest BCUT2D eigenvalue weighted by molar-refractivity contribution is -0.128. The fourth-order valence-electron chi connectivity index (χ4n) is 3.35. The van der Waals surface area contributed by atoms with Crippen molar-refractivity contribution in [2.75, 3.05) is 20.1 Å². The van der Waals surface area contributed by atoms with Gasteiger partial charge in [0.15, 0.2) is 5.96 Å². The fraction of sp³-hybridized carbons (Fsp3) is 0.364. The van der Waals surface area contributed by atoms with Gasteiger partial charge in [0, 0.05) is 44.7 Å². The third-order valence-corrected chi connectivity index (χ3v) is 5.05. The maximum atomic E-state index is 11.8. The monoisotopic (exact) mass is 526 g/mol. The van der Waals surface area contributed by atoms with Gasteiger partial charge in [0.25, 0.3) is 0 Å². The Bertz CT molecular complexity index is 843. The van der Waals surface area contributed by atoms with E-state index < -0.39 is 0 Å². The van der Waals surface area contributed by atoms with Crippen molar-refractivity contribution in [3.8, 4) is 0 Å². The molecule has 156 valence electrons. The molecule has 0 bridgehead atoms. The minimum atomic E-state index is 0. The Morgan fingerprint density at radius 3 is 2.59 bits per heavy atom. The fourth-order valence-corrected chi connectivity index (χ4v) is 3.57. The summed E-state index contributed by atoms with van der Waals surface area (Å²) in [5, 5.41) is 7.43. The summed E-state index contributed by atoms with van der Waals surface area (Å²) in [6.07, 6.45) is 2.52. The number of benzene rings is 2. The molecule has 0 unspecified atom stereocenters. The highest BCUT2D eigenvalue weighted by Gasteiger charge is 2.19. The lowest BCUT2D eigenvalue weighted by Gasteiger charge is -2.16. The molecule has 2 aromatic rings. The van der Waals surface area contributed by atoms with Gasteiger partial charge in [0.05, 0.1) is 0 Å². The zero-order valence-corrected chi connectivity index (χ0v) is 19.7. The molecule has 0 spiro atoms. The predicted molar refractivity (Wildman–Crippen MR) is 130 cm³/mol. The van der Waals surface area contributed by atoms with E-state index >= 15 is 0 Å². The number of hydrogen-bond acceptors (Lipinski definition) is 2. The molecule has 1 heterocycles. The quantitative estimate of drug-likeness (QED) is 0.326. The molecule has 1 amide bonds. The van der Waals surface area contributed by atoms with Crippen molar-refractivity contribution in [1.82, 2.24) is 15.5 Å². The highest BCUT2D eigenvalue weighted by molar-refractivity contribution is 14.0. The van der Waals surface area contributed by atoms with Gasteiger partial charge >= 0.3 is 0 Å². The summed E-state index contributed by atoms with van der Waals surface area (Å²) >= 11 is 6.03. The number of likely N-dealkylation sites (tertiary alicyclic amines) is 1. The summed E-state index contributed by atoms with van der Waals surface area (Å²) in [5.41, 5.74) is 3.53. The van der Waals surface area contributed by atoms with Crippen LogP contribution in [0, 0.1) is 0 Å². The van der Waals surface area contributed by atoms with Crippen molar-refractivity contribution in [2.45, 2.75) is 32.4 Å². The molecule has 0 radical (unpaired) electrons. The number of carbonyl (C=O) groups is 1. The van der Waals surface area contributed by atoms with Crippen molar-refractivity contribution >= 4 is 47.4 Å². The van der Waals surface area contributed by atoms with Crippen LogP contribution < -0.4 is 10.6 Å². The van der Waals surface area contributed by atoms with Gasteiger partial charge in [-0.25, -0.2) is 0 Å². The maximum absolute atomic E-state index is 11.8. The summed E-state index contributed by atoms with van der Waals surface area (Å²) in [6.45, 7) is 3.01. The third kappa shape index (κ3) is 7.51. The second-order valence-corrected chi connectivity index (χ2v) is 7.41. The first-order chi connectivity index (χ1) is 13.6. The number of amides is 1. The first kappa shape index (κ1) is 23.5. The number of hydrogen-bond donors (Lipinski definition) is 2. The smallest absolute Gasteiger partial charge is 0.222 e. The first-order valence-electron chi connectivity index (χ1n) is 9.68. The number of halogens is 2. The van der Waals surface area contributed by atoms with Crippen LogP contribution in [0.15, 0.2) is 53.5 Å². The second kappa shape index (κ2) is 12.0. The minimum absolute atomic E-state index is 0. The molecule has 29 heavy (non-hydrogen) atoms. The van der Waals surface area contributed by atoms with Gasteiger partial charge in [-0.3, -0.25) is 9.79 Å². The molecule has 1 fully saturated rings. The van der Waals surface area contributed by atoms with Gasteiger partial charge in [0.2, 0.25) is 5.91 Å². The summed E-state index contributed by atoms with van der Waals surface area (Å²) < 4.78 is 0. The van der Waals surface area contributed by atoms with Gasteiger partial charge in [0.1, 0.15) is 0 Å². The third-order valence-electron chi connectivity index (χ3n) is 4.81. The minimum Gasteiger partial charge on any atom is -0.356 e. The van der Waals surface area contributed by atoms with Crippen LogP contribution in [0.25, 0.3) is 0 Å². The lowest BCUT2D eigenvalue weighted by Crippen LogP contribution is -2.37. The summed E-state index contributed by atoms with van der Waals surface area (Å²) in [7, 11) is 1.77. The zero-order valence-electron chi connectivity index (χ0n) is 16.7. The van der Waals surface area contributed by atoms with Crippen LogP contribution in [0.4, 0.5) is 0 Å². The van der Waals surface area contributed by atoms with E-state index in [2.05, 4.69) is 39.9 Å². The first-order valence-corrected chi connectivity index (χ1v) is 10.1. The molecule has 2 N–H and O–H groups in total. The second-order valence-electron chi connectivity index (χ2n) is 6.97. The number of nitrogens with one attached hydrogen (secondary N) is 2. The van der Waals surface area contributed by atoms with E-state index in [4.69, 9.17) is 11.6 Å². The van der Waals surface area contributed by atoms with Gasteiger partial charge in [-0.15, -0.1) is 24.0 Å². The Labute approximate surface area is 194 Å². The number of nitrogens with zero attached hydrogens (tertiary/aromatic N) is 2. The van der Waals surface area contributed by atoms with Crippen LogP contribution in [-0.4, -0.2) is 36.9 Å². The van der Waals surface area contributed by atoms with Crippen LogP contribution in [0.5, 0.6) is 0 Å². The molecule has 0 atom stereocenters. The Balaban J connectivity index is 0.00000300. The lowest BCUT2D eigenvalue weighted by atomic mass is 10.1. The summed E-state index contributed by atoms with van der Waals surface area (Å²) in [5.74, 6) is 1.02. The van der Waals surface area contributed by atoms with Crippen LogP contribution in [0.2, 0.25) is 5.02 Å². The average Bonchev–Trinajstić information content (AvgIpc) is 3.09. The predicted octanol–water partition coefficient (Wildman–Crippen LogP) is 3.99. The van der Waals surface area contributed by atoms with Crippen LogP contribution >= 0.6 is 35.6 Å². The molecule has 7 heteroatoms. The maximum Gasteiger partial charge on any atom is 0.222 e. The Kier molecular flexibility index (Phi) is 9.73. The van der Waals surface area contributed by atoms with Gasteiger partial charge in [-0.1, -0.05) is 48.0 Å². The van der Waals surface area contributed by atoms with Gasteiger partial charge < -0.3 is 15.5 Å². The van der Waals surface area contributed by atoms with E-state index in [1.54, 1.807) is 7.05 Å². The average molecular weight is 527 g/mol. The van der Waals surface area contributed by atoms with E-state index in [-0.39, 0.29) is 29.9 Å². The topological polar surface area (TPSA) is 56.7 Å². The van der Waals surface area contributed by atoms with Crippen molar-refractivity contribution in [3.63, 3.8) is 0 Å². The van der Waals surface area contributed by atoms with E-state index in [0.29, 0.717) is 19.5 Å². The van der Waals surface area contributed by atoms with Gasteiger partial charge in [-0.2, -0.15) is 0 Å².